The van der Waals surface area contributed by atoms with Gasteiger partial charge in [-0.1, -0.05) is 23.9 Å². The molecule has 8 heteroatoms. The fraction of sp³-hybridized carbons (Fsp3) is 0.353. The fourth-order valence-corrected chi connectivity index (χ4v) is 5.53. The lowest BCUT2D eigenvalue weighted by molar-refractivity contribution is -0.129. The number of nitrogens with zero attached hydrogens (tertiary/aromatic N) is 4. The van der Waals surface area contributed by atoms with Gasteiger partial charge >= 0.3 is 0 Å². The first-order valence-corrected chi connectivity index (χ1v) is 10.9. The van der Waals surface area contributed by atoms with Crippen molar-refractivity contribution in [1.29, 1.82) is 0 Å². The number of rotatable bonds is 5. The third-order valence-corrected chi connectivity index (χ3v) is 7.19. The van der Waals surface area contributed by atoms with Crippen molar-refractivity contribution in [3.63, 3.8) is 0 Å². The van der Waals surface area contributed by atoms with Gasteiger partial charge in [-0.2, -0.15) is 0 Å². The molecular weight excluding hydrogens is 372 g/mol. The number of carbonyl (C=O) groups excluding carboxylic acids is 1. The van der Waals surface area contributed by atoms with E-state index in [-0.39, 0.29) is 11.9 Å². The van der Waals surface area contributed by atoms with E-state index in [1.807, 2.05) is 34.0 Å². The van der Waals surface area contributed by atoms with Gasteiger partial charge in [0.1, 0.15) is 0 Å². The van der Waals surface area contributed by atoms with Gasteiger partial charge in [0, 0.05) is 18.5 Å². The van der Waals surface area contributed by atoms with Crippen LogP contribution >= 0.6 is 34.4 Å². The number of likely N-dealkylation sites (tertiary alicyclic amines) is 1. The summed E-state index contributed by atoms with van der Waals surface area (Å²) in [4.78, 5) is 17.1. The van der Waals surface area contributed by atoms with E-state index in [2.05, 4.69) is 27.7 Å². The zero-order chi connectivity index (χ0) is 17.2. The Kier molecular flexibility index (Phi) is 4.91. The molecule has 1 atom stereocenters. The Hall–Kier alpha value is -1.64. The van der Waals surface area contributed by atoms with Gasteiger partial charge in [0.25, 0.3) is 0 Å². The molecule has 1 aliphatic heterocycles. The largest absolute Gasteiger partial charge is 0.334 e. The molecule has 0 bridgehead atoms. The standard InChI is InChI=1S/C17H18N4OS3/c1-20-16(14-7-4-10-24-14)18-19-17(20)25-11-15(22)21-8-2-5-12(21)13-6-3-9-23-13/h3-4,6-7,9-10,12H,2,5,8,11H2,1H3. The highest BCUT2D eigenvalue weighted by molar-refractivity contribution is 7.99. The second-order valence-electron chi connectivity index (χ2n) is 5.89. The van der Waals surface area contributed by atoms with Gasteiger partial charge in [-0.05, 0) is 35.7 Å². The summed E-state index contributed by atoms with van der Waals surface area (Å²) in [5, 5.41) is 13.4. The maximum atomic E-state index is 12.7. The van der Waals surface area contributed by atoms with Crippen LogP contribution in [0.25, 0.3) is 10.7 Å². The number of aromatic nitrogens is 3. The number of thioether (sulfide) groups is 1. The average Bonchev–Trinajstić information content (AvgIpc) is 3.38. The molecular formula is C17H18N4OS3. The monoisotopic (exact) mass is 390 g/mol. The molecule has 25 heavy (non-hydrogen) atoms. The minimum atomic E-state index is 0.182. The molecule has 0 radical (unpaired) electrons. The van der Waals surface area contributed by atoms with Crippen molar-refractivity contribution in [3.8, 4) is 10.7 Å². The molecule has 130 valence electrons. The summed E-state index contributed by atoms with van der Waals surface area (Å²) in [6.07, 6.45) is 2.13. The first-order chi connectivity index (χ1) is 12.2. The van der Waals surface area contributed by atoms with Crippen LogP contribution in [0.3, 0.4) is 0 Å². The first-order valence-electron chi connectivity index (χ1n) is 8.13. The van der Waals surface area contributed by atoms with Crippen LogP contribution in [0.5, 0.6) is 0 Å². The number of thiophene rings is 2. The molecule has 3 aromatic rings. The summed E-state index contributed by atoms with van der Waals surface area (Å²) >= 11 is 4.84. The topological polar surface area (TPSA) is 51.0 Å². The van der Waals surface area contributed by atoms with E-state index < -0.39 is 0 Å². The number of hydrogen-bond donors (Lipinski definition) is 0. The molecule has 1 saturated heterocycles. The predicted molar refractivity (Wildman–Crippen MR) is 103 cm³/mol. The van der Waals surface area contributed by atoms with E-state index >= 15 is 0 Å². The quantitative estimate of drug-likeness (QED) is 0.617. The van der Waals surface area contributed by atoms with E-state index in [1.54, 1.807) is 22.7 Å². The molecule has 0 saturated carbocycles. The highest BCUT2D eigenvalue weighted by atomic mass is 32.2. The molecule has 1 unspecified atom stereocenters. The molecule has 0 aromatic carbocycles. The van der Waals surface area contributed by atoms with Crippen molar-refractivity contribution in [2.45, 2.75) is 24.0 Å². The Morgan fingerprint density at radius 1 is 1.28 bits per heavy atom. The van der Waals surface area contributed by atoms with Crippen molar-refractivity contribution >= 4 is 40.3 Å². The van der Waals surface area contributed by atoms with Gasteiger partial charge in [0.2, 0.25) is 5.91 Å². The normalized spacial score (nSPS) is 17.3. The van der Waals surface area contributed by atoms with Gasteiger partial charge in [-0.15, -0.1) is 32.9 Å². The summed E-state index contributed by atoms with van der Waals surface area (Å²) in [7, 11) is 1.95. The molecule has 4 heterocycles. The van der Waals surface area contributed by atoms with Gasteiger partial charge in [-0.3, -0.25) is 4.79 Å². The van der Waals surface area contributed by atoms with Gasteiger partial charge in [0.15, 0.2) is 11.0 Å². The maximum Gasteiger partial charge on any atom is 0.233 e. The van der Waals surface area contributed by atoms with Crippen LogP contribution < -0.4 is 0 Å². The lowest BCUT2D eigenvalue weighted by Crippen LogP contribution is -2.31. The summed E-state index contributed by atoms with van der Waals surface area (Å²) in [6.45, 7) is 0.848. The van der Waals surface area contributed by atoms with E-state index in [9.17, 15) is 4.79 Å². The zero-order valence-electron chi connectivity index (χ0n) is 13.8. The summed E-state index contributed by atoms with van der Waals surface area (Å²) < 4.78 is 1.96. The number of amides is 1. The van der Waals surface area contributed by atoms with Crippen LogP contribution in [0.1, 0.15) is 23.8 Å². The predicted octanol–water partition coefficient (Wildman–Crippen LogP) is 4.06. The van der Waals surface area contributed by atoms with Crippen LogP contribution in [-0.4, -0.2) is 37.9 Å². The third-order valence-electron chi connectivity index (χ3n) is 4.35. The molecule has 0 N–H and O–H groups in total. The SMILES string of the molecule is Cn1c(SCC(=O)N2CCCC2c2cccs2)nnc1-c1cccs1. The number of hydrogen-bond acceptors (Lipinski definition) is 6. The maximum absolute atomic E-state index is 12.7. The number of carbonyl (C=O) groups is 1. The molecule has 0 spiro atoms. The molecule has 3 aromatic heterocycles. The summed E-state index contributed by atoms with van der Waals surface area (Å²) in [5.74, 6) is 1.43. The summed E-state index contributed by atoms with van der Waals surface area (Å²) in [5.41, 5.74) is 0. The second kappa shape index (κ2) is 7.31. The first kappa shape index (κ1) is 16.8. The highest BCUT2D eigenvalue weighted by Gasteiger charge is 2.30. The zero-order valence-corrected chi connectivity index (χ0v) is 16.2. The molecule has 1 amide bonds. The Morgan fingerprint density at radius 2 is 2.12 bits per heavy atom. The molecule has 1 aliphatic rings. The van der Waals surface area contributed by atoms with Gasteiger partial charge in [0.05, 0.1) is 16.7 Å². The van der Waals surface area contributed by atoms with E-state index in [4.69, 9.17) is 0 Å². The Balaban J connectivity index is 1.42. The average molecular weight is 391 g/mol. The van der Waals surface area contributed by atoms with Crippen molar-refractivity contribution in [2.75, 3.05) is 12.3 Å². The second-order valence-corrected chi connectivity index (χ2v) is 8.76. The van der Waals surface area contributed by atoms with Gasteiger partial charge < -0.3 is 9.47 Å². The minimum absolute atomic E-state index is 0.182. The lowest BCUT2D eigenvalue weighted by atomic mass is 10.2. The van der Waals surface area contributed by atoms with E-state index in [0.717, 1.165) is 35.2 Å². The Bertz CT molecular complexity index is 842. The molecule has 4 rings (SSSR count). The van der Waals surface area contributed by atoms with Crippen molar-refractivity contribution < 1.29 is 4.79 Å². The molecule has 1 fully saturated rings. The molecule has 5 nitrogen and oxygen atoms in total. The smallest absolute Gasteiger partial charge is 0.233 e. The van der Waals surface area contributed by atoms with Crippen LogP contribution in [0, 0.1) is 0 Å². The molecule has 0 aliphatic carbocycles. The van der Waals surface area contributed by atoms with Gasteiger partial charge in [-0.25, -0.2) is 0 Å². The Morgan fingerprint density at radius 3 is 2.88 bits per heavy atom. The van der Waals surface area contributed by atoms with Crippen molar-refractivity contribution in [1.82, 2.24) is 19.7 Å². The summed E-state index contributed by atoms with van der Waals surface area (Å²) in [6, 6.07) is 8.47. The highest BCUT2D eigenvalue weighted by Crippen LogP contribution is 2.35. The lowest BCUT2D eigenvalue weighted by Gasteiger charge is -2.23. The van der Waals surface area contributed by atoms with Crippen LogP contribution in [0.4, 0.5) is 0 Å². The van der Waals surface area contributed by atoms with E-state index in [0.29, 0.717) is 5.75 Å². The van der Waals surface area contributed by atoms with E-state index in [1.165, 1.54) is 16.6 Å². The van der Waals surface area contributed by atoms with Crippen molar-refractivity contribution in [2.24, 2.45) is 7.05 Å². The fourth-order valence-electron chi connectivity index (χ4n) is 3.11. The van der Waals surface area contributed by atoms with Crippen LogP contribution in [0.2, 0.25) is 0 Å². The third kappa shape index (κ3) is 3.38. The Labute approximate surface area is 158 Å². The van der Waals surface area contributed by atoms with Crippen molar-refractivity contribution in [3.05, 3.63) is 39.9 Å². The minimum Gasteiger partial charge on any atom is -0.334 e. The van der Waals surface area contributed by atoms with Crippen LogP contribution in [-0.2, 0) is 11.8 Å². The van der Waals surface area contributed by atoms with Crippen LogP contribution in [0.15, 0.2) is 40.2 Å².